The van der Waals surface area contributed by atoms with Crippen LogP contribution in [0.25, 0.3) is 0 Å². The maximum absolute atomic E-state index is 5.11. The first-order valence-electron chi connectivity index (χ1n) is 8.22. The highest BCUT2D eigenvalue weighted by Crippen LogP contribution is 2.04. The minimum absolute atomic E-state index is 0. The van der Waals surface area contributed by atoms with Crippen LogP contribution in [0, 0.1) is 0 Å². The Balaban J connectivity index is -0.000000221. The first kappa shape index (κ1) is 25.8. The average molecular weight is 306 g/mol. The lowest BCUT2D eigenvalue weighted by molar-refractivity contribution is 0.0503. The highest BCUT2D eigenvalue weighted by molar-refractivity contribution is 4.58. The van der Waals surface area contributed by atoms with Crippen LogP contribution in [0.1, 0.15) is 54.4 Å². The van der Waals surface area contributed by atoms with Crippen LogP contribution >= 0.6 is 0 Å². The van der Waals surface area contributed by atoms with E-state index in [1.165, 1.54) is 32.4 Å². The summed E-state index contributed by atoms with van der Waals surface area (Å²) in [6.45, 7) is 14.5. The topological polar surface area (TPSA) is 41.7 Å². The van der Waals surface area contributed by atoms with Gasteiger partial charge in [0.25, 0.3) is 0 Å². The van der Waals surface area contributed by atoms with Gasteiger partial charge in [0.05, 0.1) is 13.2 Å². The van der Waals surface area contributed by atoms with E-state index in [4.69, 9.17) is 10.5 Å². The molecule has 0 spiro atoms. The van der Waals surface area contributed by atoms with E-state index in [0.29, 0.717) is 6.04 Å². The van der Waals surface area contributed by atoms with Crippen molar-refractivity contribution in [3.05, 3.63) is 0 Å². The summed E-state index contributed by atoms with van der Waals surface area (Å²) in [5.74, 6) is 0. The number of nitrogens with zero attached hydrogens (tertiary/aromatic N) is 2. The molecule has 2 aliphatic heterocycles. The molecule has 0 aromatic heterocycles. The van der Waals surface area contributed by atoms with Crippen LogP contribution in [0.5, 0.6) is 0 Å². The van der Waals surface area contributed by atoms with Crippen LogP contribution in [-0.4, -0.2) is 69.3 Å². The van der Waals surface area contributed by atoms with Crippen molar-refractivity contribution in [1.29, 1.82) is 0 Å². The van der Waals surface area contributed by atoms with Gasteiger partial charge >= 0.3 is 0 Å². The Labute approximate surface area is 135 Å². The standard InChI is InChI=1S/C6H13N.C5H11NO.C3H9N.C2H6.CH4/c1-7-5-3-2-4-6-7;1-6-2-4-7-5-3-6;1-3(2)4;1-2;/h2-6H2,1H3;2-5H2,1H3;3H,4H2,1-2H3;1-2H3;1H4. The largest absolute Gasteiger partial charge is 0.379 e. The van der Waals surface area contributed by atoms with E-state index in [1.54, 1.807) is 0 Å². The number of morpholine rings is 1. The van der Waals surface area contributed by atoms with Crippen LogP contribution in [-0.2, 0) is 4.74 Å². The fourth-order valence-electron chi connectivity index (χ4n) is 1.71. The van der Waals surface area contributed by atoms with Crippen molar-refractivity contribution in [3.8, 4) is 0 Å². The average Bonchev–Trinajstić information content (AvgIpc) is 2.43. The maximum atomic E-state index is 5.11. The summed E-state index contributed by atoms with van der Waals surface area (Å²) in [5, 5.41) is 0. The van der Waals surface area contributed by atoms with Crippen molar-refractivity contribution in [2.45, 2.75) is 60.4 Å². The van der Waals surface area contributed by atoms with Gasteiger partial charge in [-0.1, -0.05) is 41.5 Å². The number of piperidine rings is 1. The Morgan fingerprint density at radius 3 is 1.33 bits per heavy atom. The number of hydrogen-bond donors (Lipinski definition) is 1. The molecule has 0 atom stereocenters. The first-order valence-corrected chi connectivity index (χ1v) is 8.22. The lowest BCUT2D eigenvalue weighted by Crippen LogP contribution is -2.32. The molecule has 2 aliphatic rings. The zero-order chi connectivity index (χ0) is 15.8. The Kier molecular flexibility index (Phi) is 24.4. The molecule has 2 heterocycles. The van der Waals surface area contributed by atoms with Gasteiger partial charge < -0.3 is 20.3 Å². The number of ether oxygens (including phenoxy) is 1. The second-order valence-electron chi connectivity index (χ2n) is 5.52. The summed E-state index contributed by atoms with van der Waals surface area (Å²) < 4.78 is 5.10. The summed E-state index contributed by atoms with van der Waals surface area (Å²) in [7, 11) is 4.31. The lowest BCUT2D eigenvalue weighted by Gasteiger charge is -2.21. The Morgan fingerprint density at radius 1 is 0.810 bits per heavy atom. The van der Waals surface area contributed by atoms with Gasteiger partial charge in [0.2, 0.25) is 0 Å². The maximum Gasteiger partial charge on any atom is 0.0594 e. The quantitative estimate of drug-likeness (QED) is 0.747. The minimum atomic E-state index is 0. The van der Waals surface area contributed by atoms with Gasteiger partial charge in [0.1, 0.15) is 0 Å². The molecule has 0 amide bonds. The van der Waals surface area contributed by atoms with Gasteiger partial charge in [0, 0.05) is 13.1 Å². The van der Waals surface area contributed by atoms with Crippen molar-refractivity contribution >= 4 is 0 Å². The van der Waals surface area contributed by atoms with Gasteiger partial charge in [-0.3, -0.25) is 0 Å². The van der Waals surface area contributed by atoms with Crippen molar-refractivity contribution in [3.63, 3.8) is 0 Å². The molecular formula is C17H43N3O. The molecule has 0 radical (unpaired) electrons. The summed E-state index contributed by atoms with van der Waals surface area (Å²) in [4.78, 5) is 4.66. The number of likely N-dealkylation sites (N-methyl/N-ethyl adjacent to an activating group) is 1. The summed E-state index contributed by atoms with van der Waals surface area (Å²) in [5.41, 5.74) is 5.11. The predicted molar refractivity (Wildman–Crippen MR) is 97.1 cm³/mol. The summed E-state index contributed by atoms with van der Waals surface area (Å²) >= 11 is 0. The van der Waals surface area contributed by atoms with Crippen molar-refractivity contribution < 1.29 is 4.74 Å². The highest BCUT2D eigenvalue weighted by atomic mass is 16.5. The Morgan fingerprint density at radius 2 is 1.14 bits per heavy atom. The van der Waals surface area contributed by atoms with E-state index < -0.39 is 0 Å². The smallest absolute Gasteiger partial charge is 0.0594 e. The molecule has 2 saturated heterocycles. The summed E-state index contributed by atoms with van der Waals surface area (Å²) in [6.07, 6.45) is 4.28. The third-order valence-electron chi connectivity index (χ3n) is 2.81. The molecule has 2 fully saturated rings. The molecule has 21 heavy (non-hydrogen) atoms. The van der Waals surface area contributed by atoms with Gasteiger partial charge in [-0.25, -0.2) is 0 Å². The fraction of sp³-hybridized carbons (Fsp3) is 1.00. The van der Waals surface area contributed by atoms with Crippen LogP contribution in [0.3, 0.4) is 0 Å². The molecule has 4 heteroatoms. The Hall–Kier alpha value is -0.160. The highest BCUT2D eigenvalue weighted by Gasteiger charge is 2.02. The van der Waals surface area contributed by atoms with E-state index in [-0.39, 0.29) is 7.43 Å². The minimum Gasteiger partial charge on any atom is -0.379 e. The molecule has 2 rings (SSSR count). The number of nitrogens with two attached hydrogens (primary N) is 1. The van der Waals surface area contributed by atoms with Crippen molar-refractivity contribution in [2.75, 3.05) is 53.5 Å². The molecule has 4 nitrogen and oxygen atoms in total. The van der Waals surface area contributed by atoms with E-state index in [9.17, 15) is 0 Å². The van der Waals surface area contributed by atoms with Crippen LogP contribution in [0.2, 0.25) is 0 Å². The van der Waals surface area contributed by atoms with E-state index in [1.807, 2.05) is 27.7 Å². The normalized spacial score (nSPS) is 18.9. The first-order chi connectivity index (χ1) is 9.52. The SMILES string of the molecule is C.CC.CC(C)N.CN1CCCCC1.CN1CCOCC1. The second kappa shape index (κ2) is 19.8. The molecule has 132 valence electrons. The molecule has 0 aliphatic carbocycles. The van der Waals surface area contributed by atoms with E-state index >= 15 is 0 Å². The second-order valence-corrected chi connectivity index (χ2v) is 5.52. The fourth-order valence-corrected chi connectivity index (χ4v) is 1.71. The van der Waals surface area contributed by atoms with Gasteiger partial charge in [-0.05, 0) is 46.1 Å². The third-order valence-corrected chi connectivity index (χ3v) is 2.81. The van der Waals surface area contributed by atoms with Crippen molar-refractivity contribution in [1.82, 2.24) is 9.80 Å². The Bertz CT molecular complexity index is 147. The molecule has 0 unspecified atom stereocenters. The third kappa shape index (κ3) is 25.2. The molecule has 0 bridgehead atoms. The zero-order valence-electron chi connectivity index (χ0n) is 14.8. The van der Waals surface area contributed by atoms with Crippen LogP contribution in [0.4, 0.5) is 0 Å². The molecule has 0 aromatic carbocycles. The number of rotatable bonds is 0. The van der Waals surface area contributed by atoms with E-state index in [2.05, 4.69) is 23.9 Å². The zero-order valence-corrected chi connectivity index (χ0v) is 14.8. The van der Waals surface area contributed by atoms with Gasteiger partial charge in [-0.15, -0.1) is 0 Å². The van der Waals surface area contributed by atoms with Gasteiger partial charge in [0.15, 0.2) is 0 Å². The number of hydrogen-bond acceptors (Lipinski definition) is 4. The van der Waals surface area contributed by atoms with Crippen LogP contribution < -0.4 is 5.73 Å². The molecule has 0 saturated carbocycles. The van der Waals surface area contributed by atoms with Crippen LogP contribution in [0.15, 0.2) is 0 Å². The monoisotopic (exact) mass is 305 g/mol. The summed E-state index contributed by atoms with van der Waals surface area (Å²) in [6, 6.07) is 0.333. The lowest BCUT2D eigenvalue weighted by atomic mass is 10.1. The van der Waals surface area contributed by atoms with Gasteiger partial charge in [-0.2, -0.15) is 0 Å². The number of likely N-dealkylation sites (tertiary alicyclic amines) is 1. The molecule has 0 aromatic rings. The molecule has 2 N–H and O–H groups in total. The predicted octanol–water partition coefficient (Wildman–Crippen LogP) is 3.07. The van der Waals surface area contributed by atoms with Crippen molar-refractivity contribution in [2.24, 2.45) is 5.73 Å². The van der Waals surface area contributed by atoms with E-state index in [0.717, 1.165) is 26.3 Å². The molecular weight excluding hydrogens is 262 g/mol.